The highest BCUT2D eigenvalue weighted by Crippen LogP contribution is 2.37. The molecule has 0 saturated carbocycles. The van der Waals surface area contributed by atoms with Crippen LogP contribution < -0.4 is 11.1 Å². The first-order valence-electron chi connectivity index (χ1n) is 5.92. The SMILES string of the molecule is CC1(CNC(=O)[C@@H](N)C(C)(C)C)CCCS1.Cl. The molecule has 1 amide bonds. The van der Waals surface area contributed by atoms with Crippen LogP contribution in [0.2, 0.25) is 0 Å². The molecule has 0 aliphatic carbocycles. The van der Waals surface area contributed by atoms with Gasteiger partial charge >= 0.3 is 0 Å². The summed E-state index contributed by atoms with van der Waals surface area (Å²) in [6, 6.07) is -0.428. The van der Waals surface area contributed by atoms with Crippen LogP contribution in [0.15, 0.2) is 0 Å². The molecular weight excluding hydrogens is 256 g/mol. The molecule has 0 aromatic carbocycles. The molecular formula is C12H25ClN2OS. The Labute approximate surface area is 115 Å². The summed E-state index contributed by atoms with van der Waals surface area (Å²) < 4.78 is 0.216. The third-order valence-corrected chi connectivity index (χ3v) is 4.69. The van der Waals surface area contributed by atoms with E-state index in [4.69, 9.17) is 5.73 Å². The first kappa shape index (κ1) is 17.1. The van der Waals surface area contributed by atoms with E-state index in [1.54, 1.807) is 0 Å². The Bertz CT molecular complexity index is 260. The molecule has 0 aromatic rings. The highest BCUT2D eigenvalue weighted by molar-refractivity contribution is 8.00. The molecule has 1 aliphatic heterocycles. The monoisotopic (exact) mass is 280 g/mol. The van der Waals surface area contributed by atoms with Crippen molar-refractivity contribution in [3.8, 4) is 0 Å². The predicted octanol–water partition coefficient (Wildman–Crippen LogP) is 2.18. The number of rotatable bonds is 3. The largest absolute Gasteiger partial charge is 0.353 e. The van der Waals surface area contributed by atoms with Crippen LogP contribution in [0.5, 0.6) is 0 Å². The average Bonchev–Trinajstić information content (AvgIpc) is 2.60. The van der Waals surface area contributed by atoms with Crippen molar-refractivity contribution in [2.24, 2.45) is 11.1 Å². The van der Waals surface area contributed by atoms with Crippen LogP contribution in [0.4, 0.5) is 0 Å². The van der Waals surface area contributed by atoms with Crippen LogP contribution in [0.3, 0.4) is 0 Å². The predicted molar refractivity (Wildman–Crippen MR) is 77.8 cm³/mol. The molecule has 3 N–H and O–H groups in total. The fraction of sp³-hybridized carbons (Fsp3) is 0.917. The Morgan fingerprint density at radius 1 is 1.53 bits per heavy atom. The fourth-order valence-electron chi connectivity index (χ4n) is 1.75. The number of carbonyl (C=O) groups is 1. The summed E-state index contributed by atoms with van der Waals surface area (Å²) in [6.45, 7) is 8.92. The minimum atomic E-state index is -0.428. The highest BCUT2D eigenvalue weighted by atomic mass is 35.5. The second-order valence-electron chi connectivity index (χ2n) is 5.96. The molecule has 1 fully saturated rings. The maximum atomic E-state index is 11.8. The molecule has 1 rings (SSSR count). The van der Waals surface area contributed by atoms with Crippen LogP contribution >= 0.6 is 24.2 Å². The Morgan fingerprint density at radius 3 is 2.53 bits per heavy atom. The van der Waals surface area contributed by atoms with E-state index in [0.717, 1.165) is 6.54 Å². The molecule has 0 spiro atoms. The van der Waals surface area contributed by atoms with Gasteiger partial charge in [-0.25, -0.2) is 0 Å². The van der Waals surface area contributed by atoms with Crippen molar-refractivity contribution < 1.29 is 4.79 Å². The number of amides is 1. The molecule has 0 radical (unpaired) electrons. The van der Waals surface area contributed by atoms with E-state index >= 15 is 0 Å². The van der Waals surface area contributed by atoms with Gasteiger partial charge in [-0.15, -0.1) is 12.4 Å². The van der Waals surface area contributed by atoms with Crippen molar-refractivity contribution >= 4 is 30.1 Å². The maximum absolute atomic E-state index is 11.8. The second kappa shape index (κ2) is 6.30. The molecule has 1 aliphatic rings. The van der Waals surface area contributed by atoms with E-state index in [-0.39, 0.29) is 28.5 Å². The molecule has 1 heterocycles. The first-order valence-corrected chi connectivity index (χ1v) is 6.90. The quantitative estimate of drug-likeness (QED) is 0.833. The third kappa shape index (κ3) is 5.06. The minimum Gasteiger partial charge on any atom is -0.353 e. The molecule has 17 heavy (non-hydrogen) atoms. The lowest BCUT2D eigenvalue weighted by Gasteiger charge is -2.28. The standard InChI is InChI=1S/C12H24N2OS.ClH/c1-11(2,3)9(13)10(15)14-8-12(4)6-5-7-16-12;/h9H,5-8,13H2,1-4H3,(H,14,15);1H/t9-,12?;/m1./s1. The topological polar surface area (TPSA) is 55.1 Å². The summed E-state index contributed by atoms with van der Waals surface area (Å²) in [7, 11) is 0. The van der Waals surface area contributed by atoms with E-state index in [1.807, 2.05) is 32.5 Å². The Morgan fingerprint density at radius 2 is 2.12 bits per heavy atom. The van der Waals surface area contributed by atoms with Gasteiger partial charge in [0.1, 0.15) is 0 Å². The lowest BCUT2D eigenvalue weighted by Crippen LogP contribution is -2.51. The zero-order chi connectivity index (χ0) is 12.4. The van der Waals surface area contributed by atoms with Gasteiger partial charge < -0.3 is 11.1 Å². The Balaban J connectivity index is 0.00000256. The van der Waals surface area contributed by atoms with Crippen molar-refractivity contribution in [2.45, 2.75) is 51.3 Å². The average molecular weight is 281 g/mol. The number of nitrogens with one attached hydrogen (secondary N) is 1. The van der Waals surface area contributed by atoms with Gasteiger partial charge in [0.25, 0.3) is 0 Å². The second-order valence-corrected chi connectivity index (χ2v) is 7.65. The highest BCUT2D eigenvalue weighted by Gasteiger charge is 2.32. The smallest absolute Gasteiger partial charge is 0.237 e. The van der Waals surface area contributed by atoms with E-state index < -0.39 is 6.04 Å². The number of hydrogen-bond acceptors (Lipinski definition) is 3. The van der Waals surface area contributed by atoms with E-state index in [1.165, 1.54) is 18.6 Å². The van der Waals surface area contributed by atoms with Gasteiger partial charge in [0, 0.05) is 11.3 Å². The Kier molecular flexibility index (Phi) is 6.33. The van der Waals surface area contributed by atoms with Crippen LogP contribution in [0.1, 0.15) is 40.5 Å². The van der Waals surface area contributed by atoms with E-state index in [9.17, 15) is 4.79 Å². The van der Waals surface area contributed by atoms with Crippen molar-refractivity contribution in [3.63, 3.8) is 0 Å². The number of hydrogen-bond donors (Lipinski definition) is 2. The summed E-state index contributed by atoms with van der Waals surface area (Å²) in [5.41, 5.74) is 5.73. The molecule has 1 unspecified atom stereocenters. The van der Waals surface area contributed by atoms with Crippen molar-refractivity contribution in [1.82, 2.24) is 5.32 Å². The molecule has 102 valence electrons. The molecule has 3 nitrogen and oxygen atoms in total. The van der Waals surface area contributed by atoms with E-state index in [2.05, 4.69) is 12.2 Å². The van der Waals surface area contributed by atoms with Crippen molar-refractivity contribution in [1.29, 1.82) is 0 Å². The van der Waals surface area contributed by atoms with Gasteiger partial charge in [0.15, 0.2) is 0 Å². The fourth-order valence-corrected chi connectivity index (χ4v) is 3.00. The number of carbonyl (C=O) groups excluding carboxylic acids is 1. The lowest BCUT2D eigenvalue weighted by molar-refractivity contribution is -0.124. The van der Waals surface area contributed by atoms with E-state index in [0.29, 0.717) is 0 Å². The van der Waals surface area contributed by atoms with Gasteiger partial charge in [0.05, 0.1) is 6.04 Å². The Hall–Kier alpha value is 0.0700. The molecule has 0 aromatic heterocycles. The van der Waals surface area contributed by atoms with Gasteiger partial charge in [-0.2, -0.15) is 11.8 Å². The summed E-state index contributed by atoms with van der Waals surface area (Å²) in [4.78, 5) is 11.8. The zero-order valence-corrected chi connectivity index (χ0v) is 12.8. The van der Waals surface area contributed by atoms with Crippen LogP contribution in [-0.2, 0) is 4.79 Å². The van der Waals surface area contributed by atoms with Crippen LogP contribution in [-0.4, -0.2) is 29.0 Å². The minimum absolute atomic E-state index is 0. The summed E-state index contributed by atoms with van der Waals surface area (Å²) in [5.74, 6) is 1.18. The number of halogens is 1. The first-order chi connectivity index (χ1) is 7.25. The van der Waals surface area contributed by atoms with Gasteiger partial charge in [-0.1, -0.05) is 20.8 Å². The molecule has 1 saturated heterocycles. The lowest BCUT2D eigenvalue weighted by atomic mass is 9.87. The molecule has 0 bridgehead atoms. The normalized spacial score (nSPS) is 26.2. The zero-order valence-electron chi connectivity index (χ0n) is 11.2. The molecule has 2 atom stereocenters. The van der Waals surface area contributed by atoms with Gasteiger partial charge in [0.2, 0.25) is 5.91 Å². The van der Waals surface area contributed by atoms with Crippen LogP contribution in [0, 0.1) is 5.41 Å². The van der Waals surface area contributed by atoms with Crippen molar-refractivity contribution in [3.05, 3.63) is 0 Å². The summed E-state index contributed by atoms with van der Waals surface area (Å²) in [5, 5.41) is 2.99. The van der Waals surface area contributed by atoms with Crippen LogP contribution in [0.25, 0.3) is 0 Å². The number of nitrogens with two attached hydrogens (primary N) is 1. The summed E-state index contributed by atoms with van der Waals surface area (Å²) >= 11 is 1.95. The number of thioether (sulfide) groups is 1. The summed E-state index contributed by atoms with van der Waals surface area (Å²) in [6.07, 6.45) is 2.44. The maximum Gasteiger partial charge on any atom is 0.237 e. The third-order valence-electron chi connectivity index (χ3n) is 3.15. The molecule has 5 heteroatoms. The van der Waals surface area contributed by atoms with Crippen molar-refractivity contribution in [2.75, 3.05) is 12.3 Å². The van der Waals surface area contributed by atoms with Gasteiger partial charge in [-0.05, 0) is 30.9 Å². The van der Waals surface area contributed by atoms with Gasteiger partial charge in [-0.3, -0.25) is 4.79 Å².